The lowest BCUT2D eigenvalue weighted by molar-refractivity contribution is -0.00294. The van der Waals surface area contributed by atoms with Crippen LogP contribution in [-0.4, -0.2) is 77.9 Å². The number of halogens is 2. The van der Waals surface area contributed by atoms with Crippen molar-refractivity contribution in [2.45, 2.75) is 38.8 Å². The highest BCUT2D eigenvalue weighted by Crippen LogP contribution is 2.47. The summed E-state index contributed by atoms with van der Waals surface area (Å²) >= 11 is 0. The number of likely N-dealkylation sites (tertiary alicyclic amines) is 1. The first-order valence-corrected chi connectivity index (χ1v) is 12.4. The number of pyridine rings is 1. The van der Waals surface area contributed by atoms with E-state index in [1.165, 1.54) is 18.2 Å². The predicted octanol–water partition coefficient (Wildman–Crippen LogP) is 3.65. The monoisotopic (exact) mass is 486 g/mol. The Balaban J connectivity index is 1.24. The molecule has 1 aromatic carbocycles. The van der Waals surface area contributed by atoms with Crippen LogP contribution in [0.2, 0.25) is 0 Å². The van der Waals surface area contributed by atoms with Crippen molar-refractivity contribution in [3.8, 4) is 11.3 Å². The number of aliphatic hydroxyl groups is 1. The molecule has 3 fully saturated rings. The minimum Gasteiger partial charge on any atom is -0.450 e. The molecular formula is C26H32F2N4O3. The smallest absolute Gasteiger partial charge is 0.409 e. The molecular weight excluding hydrogens is 454 g/mol. The largest absolute Gasteiger partial charge is 0.450 e. The molecule has 0 bridgehead atoms. The number of hydrogen-bond acceptors (Lipinski definition) is 6. The normalized spacial score (nSPS) is 21.9. The van der Waals surface area contributed by atoms with Crippen LogP contribution in [0.3, 0.4) is 0 Å². The SMILES string of the molecule is CCOC(=O)N1CC2(CC[C@@H](N3CCN(c4cc(F)cnc4-c4cc(CO)ccc4F)CC3)C2)C1. The molecule has 1 aliphatic carbocycles. The highest BCUT2D eigenvalue weighted by atomic mass is 19.1. The Bertz CT molecular complexity index is 1080. The average molecular weight is 487 g/mol. The van der Waals surface area contributed by atoms with Crippen LogP contribution in [0.25, 0.3) is 11.3 Å². The molecule has 1 spiro atoms. The van der Waals surface area contributed by atoms with Crippen molar-refractivity contribution in [1.29, 1.82) is 0 Å². The summed E-state index contributed by atoms with van der Waals surface area (Å²) in [5, 5.41) is 9.48. The van der Waals surface area contributed by atoms with Crippen LogP contribution in [0.1, 0.15) is 31.7 Å². The van der Waals surface area contributed by atoms with Crippen LogP contribution >= 0.6 is 0 Å². The molecule has 7 nitrogen and oxygen atoms in total. The fourth-order valence-corrected chi connectivity index (χ4v) is 5.94. The number of benzene rings is 1. The van der Waals surface area contributed by atoms with Crippen molar-refractivity contribution in [2.75, 3.05) is 50.8 Å². The van der Waals surface area contributed by atoms with Crippen LogP contribution in [0.4, 0.5) is 19.3 Å². The van der Waals surface area contributed by atoms with Crippen molar-refractivity contribution in [3.05, 3.63) is 47.7 Å². The minimum absolute atomic E-state index is 0.205. The molecule has 2 aliphatic heterocycles. The van der Waals surface area contributed by atoms with E-state index in [-0.39, 0.29) is 23.7 Å². The summed E-state index contributed by atoms with van der Waals surface area (Å²) in [6.45, 7) is 6.62. The maximum Gasteiger partial charge on any atom is 0.409 e. The van der Waals surface area contributed by atoms with Gasteiger partial charge in [-0.25, -0.2) is 13.6 Å². The second-order valence-corrected chi connectivity index (χ2v) is 9.97. The number of aliphatic hydroxyl groups excluding tert-OH is 1. The van der Waals surface area contributed by atoms with Crippen molar-refractivity contribution >= 4 is 11.8 Å². The fourth-order valence-electron chi connectivity index (χ4n) is 5.94. The quantitative estimate of drug-likeness (QED) is 0.696. The van der Waals surface area contributed by atoms with Crippen LogP contribution in [0.5, 0.6) is 0 Å². The zero-order valence-electron chi connectivity index (χ0n) is 20.1. The molecule has 0 unspecified atom stereocenters. The Morgan fingerprint density at radius 2 is 1.97 bits per heavy atom. The van der Waals surface area contributed by atoms with Gasteiger partial charge in [0.15, 0.2) is 0 Å². The maximum atomic E-state index is 14.7. The van der Waals surface area contributed by atoms with E-state index in [0.29, 0.717) is 42.7 Å². The number of piperazine rings is 1. The van der Waals surface area contributed by atoms with Crippen molar-refractivity contribution in [1.82, 2.24) is 14.8 Å². The van der Waals surface area contributed by atoms with Crippen LogP contribution in [-0.2, 0) is 11.3 Å². The molecule has 1 aromatic heterocycles. The first kappa shape index (κ1) is 23.9. The van der Waals surface area contributed by atoms with E-state index in [4.69, 9.17) is 4.74 Å². The number of ether oxygens (including phenoxy) is 1. The molecule has 1 saturated carbocycles. The molecule has 2 aromatic rings. The molecule has 1 amide bonds. The van der Waals surface area contributed by atoms with Gasteiger partial charge in [-0.05, 0) is 43.9 Å². The van der Waals surface area contributed by atoms with Gasteiger partial charge in [0, 0.05) is 62.4 Å². The predicted molar refractivity (Wildman–Crippen MR) is 128 cm³/mol. The number of carbonyl (C=O) groups excluding carboxylic acids is 1. The lowest BCUT2D eigenvalue weighted by Gasteiger charge is -2.48. The summed E-state index contributed by atoms with van der Waals surface area (Å²) in [5.41, 5.74) is 2.02. The Morgan fingerprint density at radius 3 is 2.69 bits per heavy atom. The van der Waals surface area contributed by atoms with Gasteiger partial charge in [-0.1, -0.05) is 6.07 Å². The van der Waals surface area contributed by atoms with Gasteiger partial charge < -0.3 is 19.6 Å². The number of anilines is 1. The molecule has 3 aliphatic rings. The van der Waals surface area contributed by atoms with Gasteiger partial charge in [-0.15, -0.1) is 0 Å². The summed E-state index contributed by atoms with van der Waals surface area (Å²) in [5.74, 6) is -0.909. The standard InChI is InChI=1S/C26H32F2N4O3/c1-2-35-25(34)32-16-26(17-32)6-5-20(13-26)30-7-9-31(10-8-30)23-12-19(27)14-29-24(23)21-11-18(15-33)3-4-22(21)28/h3-4,11-12,14,20,33H,2,5-10,13,15-17H2,1H3/t20-/m1/s1. The summed E-state index contributed by atoms with van der Waals surface area (Å²) in [6, 6.07) is 6.32. The van der Waals surface area contributed by atoms with E-state index in [1.807, 2.05) is 6.92 Å². The number of nitrogens with zero attached hydrogens (tertiary/aromatic N) is 4. The highest BCUT2D eigenvalue weighted by molar-refractivity contribution is 5.76. The van der Waals surface area contributed by atoms with Gasteiger partial charge in [0.1, 0.15) is 11.6 Å². The second kappa shape index (κ2) is 9.70. The van der Waals surface area contributed by atoms with E-state index in [1.54, 1.807) is 11.0 Å². The van der Waals surface area contributed by atoms with Gasteiger partial charge >= 0.3 is 6.09 Å². The van der Waals surface area contributed by atoms with Crippen molar-refractivity contribution < 1.29 is 23.4 Å². The zero-order valence-corrected chi connectivity index (χ0v) is 20.1. The van der Waals surface area contributed by atoms with Gasteiger partial charge in [0.05, 0.1) is 30.8 Å². The number of amides is 1. The Labute approximate surface area is 204 Å². The van der Waals surface area contributed by atoms with E-state index in [9.17, 15) is 18.7 Å². The van der Waals surface area contributed by atoms with E-state index in [2.05, 4.69) is 14.8 Å². The lowest BCUT2D eigenvalue weighted by Crippen LogP contribution is -2.58. The van der Waals surface area contributed by atoms with E-state index < -0.39 is 11.6 Å². The number of hydrogen-bond donors (Lipinski definition) is 1. The summed E-state index contributed by atoms with van der Waals surface area (Å²) in [4.78, 5) is 22.6. The summed E-state index contributed by atoms with van der Waals surface area (Å²) < 4.78 is 34.0. The third-order valence-corrected chi connectivity index (χ3v) is 7.73. The lowest BCUT2D eigenvalue weighted by atomic mass is 9.78. The first-order valence-electron chi connectivity index (χ1n) is 12.4. The third-order valence-electron chi connectivity index (χ3n) is 7.73. The first-order chi connectivity index (χ1) is 16.9. The van der Waals surface area contributed by atoms with Gasteiger partial charge in [0.2, 0.25) is 0 Å². The Hall–Kier alpha value is -2.78. The van der Waals surface area contributed by atoms with Gasteiger partial charge in [-0.2, -0.15) is 0 Å². The average Bonchev–Trinajstić information content (AvgIpc) is 3.30. The Morgan fingerprint density at radius 1 is 1.20 bits per heavy atom. The molecule has 9 heteroatoms. The fraction of sp³-hybridized carbons (Fsp3) is 0.538. The summed E-state index contributed by atoms with van der Waals surface area (Å²) in [7, 11) is 0. The molecule has 3 heterocycles. The molecule has 0 radical (unpaired) electrons. The maximum absolute atomic E-state index is 14.7. The van der Waals surface area contributed by atoms with Crippen LogP contribution in [0.15, 0.2) is 30.5 Å². The highest BCUT2D eigenvalue weighted by Gasteiger charge is 2.51. The number of carbonyl (C=O) groups is 1. The molecule has 188 valence electrons. The Kier molecular flexibility index (Phi) is 6.63. The van der Waals surface area contributed by atoms with Gasteiger partial charge in [0.25, 0.3) is 0 Å². The number of aromatic nitrogens is 1. The molecule has 5 rings (SSSR count). The van der Waals surface area contributed by atoms with Crippen molar-refractivity contribution in [2.24, 2.45) is 5.41 Å². The van der Waals surface area contributed by atoms with E-state index >= 15 is 0 Å². The summed E-state index contributed by atoms with van der Waals surface area (Å²) in [6.07, 6.45) is 4.20. The molecule has 1 N–H and O–H groups in total. The van der Waals surface area contributed by atoms with Crippen molar-refractivity contribution in [3.63, 3.8) is 0 Å². The number of rotatable bonds is 5. The zero-order chi connectivity index (χ0) is 24.6. The van der Waals surface area contributed by atoms with Gasteiger partial charge in [-0.3, -0.25) is 9.88 Å². The van der Waals surface area contributed by atoms with E-state index in [0.717, 1.165) is 51.6 Å². The topological polar surface area (TPSA) is 69.1 Å². The van der Waals surface area contributed by atoms with Crippen LogP contribution in [0, 0.1) is 17.0 Å². The molecule has 2 saturated heterocycles. The minimum atomic E-state index is -0.459. The molecule has 35 heavy (non-hydrogen) atoms. The third kappa shape index (κ3) is 4.71. The van der Waals surface area contributed by atoms with Crippen LogP contribution < -0.4 is 4.90 Å². The second-order valence-electron chi connectivity index (χ2n) is 9.97. The molecule has 1 atom stereocenters.